The van der Waals surface area contributed by atoms with Gasteiger partial charge in [-0.3, -0.25) is 0 Å². The molecule has 0 amide bonds. The molecule has 5 nitrogen and oxygen atoms in total. The summed E-state index contributed by atoms with van der Waals surface area (Å²) in [5.74, 6) is 0.872. The van der Waals surface area contributed by atoms with E-state index in [1.807, 2.05) is 41.8 Å². The van der Waals surface area contributed by atoms with Crippen molar-refractivity contribution in [2.45, 2.75) is 6.92 Å². The molecule has 1 aliphatic rings. The Balaban J connectivity index is 1.58. The third kappa shape index (κ3) is 4.62. The van der Waals surface area contributed by atoms with Gasteiger partial charge < -0.3 is 9.64 Å². The van der Waals surface area contributed by atoms with Gasteiger partial charge in [-0.05, 0) is 43.3 Å². The molecule has 0 N–H and O–H groups in total. The van der Waals surface area contributed by atoms with Crippen molar-refractivity contribution in [3.8, 4) is 17.3 Å². The number of ether oxygens (including phenoxy) is 1. The van der Waals surface area contributed by atoms with E-state index < -0.39 is 0 Å². The van der Waals surface area contributed by atoms with Crippen LogP contribution in [0.3, 0.4) is 0 Å². The number of benzene rings is 2. The maximum Gasteiger partial charge on any atom is 0.136 e. The molecule has 3 heterocycles. The van der Waals surface area contributed by atoms with Crippen LogP contribution in [-0.2, 0) is 4.74 Å². The fourth-order valence-corrected chi connectivity index (χ4v) is 4.81. The van der Waals surface area contributed by atoms with Crippen molar-refractivity contribution in [3.05, 3.63) is 75.1 Å². The van der Waals surface area contributed by atoms with Gasteiger partial charge in [-0.2, -0.15) is 5.26 Å². The van der Waals surface area contributed by atoms with E-state index in [1.54, 1.807) is 0 Å². The van der Waals surface area contributed by atoms with Crippen molar-refractivity contribution in [2.75, 3.05) is 31.2 Å². The van der Waals surface area contributed by atoms with Gasteiger partial charge in [-0.25, -0.2) is 9.97 Å². The van der Waals surface area contributed by atoms with Crippen molar-refractivity contribution < 1.29 is 4.74 Å². The predicted octanol–water partition coefficient (Wildman–Crippen LogP) is 6.22. The number of thiazole rings is 1. The summed E-state index contributed by atoms with van der Waals surface area (Å²) in [6, 6.07) is 18.3. The number of hydrogen-bond donors (Lipinski definition) is 0. The predicted molar refractivity (Wildman–Crippen MR) is 136 cm³/mol. The number of aryl methyl sites for hydroxylation is 1. The van der Waals surface area contributed by atoms with Crippen molar-refractivity contribution in [1.82, 2.24) is 9.97 Å². The molecule has 0 bridgehead atoms. The summed E-state index contributed by atoms with van der Waals surface area (Å²) in [4.78, 5) is 11.9. The van der Waals surface area contributed by atoms with Gasteiger partial charge >= 0.3 is 0 Å². The molecule has 2 aromatic heterocycles. The van der Waals surface area contributed by atoms with E-state index in [1.165, 1.54) is 16.9 Å². The van der Waals surface area contributed by atoms with Crippen LogP contribution in [0, 0.1) is 18.3 Å². The summed E-state index contributed by atoms with van der Waals surface area (Å²) < 4.78 is 5.53. The maximum absolute atomic E-state index is 9.99. The van der Waals surface area contributed by atoms with Gasteiger partial charge in [0.1, 0.15) is 16.9 Å². The smallest absolute Gasteiger partial charge is 0.136 e. The highest BCUT2D eigenvalue weighted by Gasteiger charge is 2.18. The van der Waals surface area contributed by atoms with Crippen molar-refractivity contribution >= 4 is 51.3 Å². The molecular formula is C26H21ClN4OS. The van der Waals surface area contributed by atoms with E-state index in [0.717, 1.165) is 46.6 Å². The highest BCUT2D eigenvalue weighted by molar-refractivity contribution is 7.11. The number of pyridine rings is 1. The fourth-order valence-electron chi connectivity index (χ4n) is 3.88. The Kier molecular flexibility index (Phi) is 6.10. The van der Waals surface area contributed by atoms with Gasteiger partial charge in [-0.1, -0.05) is 35.4 Å². The summed E-state index contributed by atoms with van der Waals surface area (Å²) in [5.41, 5.74) is 5.34. The molecule has 5 rings (SSSR count). The number of hydrogen-bond acceptors (Lipinski definition) is 6. The summed E-state index contributed by atoms with van der Waals surface area (Å²) >= 11 is 7.47. The Labute approximate surface area is 201 Å². The Morgan fingerprint density at radius 3 is 2.67 bits per heavy atom. The largest absolute Gasteiger partial charge is 0.378 e. The minimum atomic E-state index is 0.517. The lowest BCUT2D eigenvalue weighted by molar-refractivity contribution is 0.122. The average molecular weight is 473 g/mol. The molecule has 0 aliphatic carbocycles. The first-order valence-corrected chi connectivity index (χ1v) is 11.9. The molecular weight excluding hydrogens is 452 g/mol. The van der Waals surface area contributed by atoms with Gasteiger partial charge in [0.05, 0.1) is 30.0 Å². The van der Waals surface area contributed by atoms with Gasteiger partial charge in [-0.15, -0.1) is 11.3 Å². The molecule has 2 aromatic carbocycles. The van der Waals surface area contributed by atoms with Crippen LogP contribution in [0.4, 0.5) is 5.82 Å². The minimum absolute atomic E-state index is 0.517. The summed E-state index contributed by atoms with van der Waals surface area (Å²) in [7, 11) is 0. The normalized spacial score (nSPS) is 14.5. The lowest BCUT2D eigenvalue weighted by Gasteiger charge is -2.29. The molecule has 1 fully saturated rings. The first-order chi connectivity index (χ1) is 16.1. The van der Waals surface area contributed by atoms with E-state index in [9.17, 15) is 5.26 Å². The van der Waals surface area contributed by atoms with Crippen molar-refractivity contribution in [1.29, 1.82) is 5.26 Å². The van der Waals surface area contributed by atoms with Crippen LogP contribution in [0.25, 0.3) is 33.8 Å². The molecule has 0 radical (unpaired) electrons. The molecule has 0 atom stereocenters. The molecule has 0 saturated carbocycles. The number of allylic oxidation sites excluding steroid dienone is 1. The molecule has 4 aromatic rings. The number of morpholine rings is 1. The Morgan fingerprint density at radius 1 is 1.12 bits per heavy atom. The van der Waals surface area contributed by atoms with E-state index in [4.69, 9.17) is 26.3 Å². The summed E-state index contributed by atoms with van der Waals surface area (Å²) in [5, 5.41) is 14.4. The van der Waals surface area contributed by atoms with Crippen LogP contribution in [0.1, 0.15) is 16.1 Å². The second-order valence-electron chi connectivity index (χ2n) is 7.91. The molecule has 0 spiro atoms. The molecule has 164 valence electrons. The highest BCUT2D eigenvalue weighted by atomic mass is 35.5. The Hall–Kier alpha value is -3.24. The van der Waals surface area contributed by atoms with Gasteiger partial charge in [0.25, 0.3) is 0 Å². The second kappa shape index (κ2) is 9.32. The van der Waals surface area contributed by atoms with Crippen LogP contribution in [-0.4, -0.2) is 36.3 Å². The molecule has 33 heavy (non-hydrogen) atoms. The Bertz CT molecular complexity index is 1380. The second-order valence-corrected chi connectivity index (χ2v) is 9.21. The van der Waals surface area contributed by atoms with Crippen LogP contribution >= 0.6 is 22.9 Å². The Morgan fingerprint density at radius 2 is 1.91 bits per heavy atom. The zero-order valence-electron chi connectivity index (χ0n) is 18.1. The molecule has 1 saturated heterocycles. The number of fused-ring (bicyclic) bond motifs is 1. The molecule has 7 heteroatoms. The SMILES string of the molecule is Cc1ccc2nc(N3CCOCC3)c(C=C(C#N)c3nc(-c4ccc(Cl)cc4)cs3)cc2c1. The minimum Gasteiger partial charge on any atom is -0.378 e. The molecule has 0 unspecified atom stereocenters. The van der Waals surface area contributed by atoms with Crippen molar-refractivity contribution in [2.24, 2.45) is 0 Å². The van der Waals surface area contributed by atoms with Crippen LogP contribution in [0.2, 0.25) is 5.02 Å². The number of nitrogens with zero attached hydrogens (tertiary/aromatic N) is 4. The standard InChI is InChI=1S/C26H21ClN4OS/c1-17-2-7-23-19(12-17)13-20(25(29-23)31-8-10-32-11-9-31)14-21(15-28)26-30-24(16-33-26)18-3-5-22(27)6-4-18/h2-7,12-14,16H,8-11H2,1H3. The quantitative estimate of drug-likeness (QED) is 0.330. The zero-order valence-corrected chi connectivity index (χ0v) is 19.7. The fraction of sp³-hybridized carbons (Fsp3) is 0.192. The first-order valence-electron chi connectivity index (χ1n) is 10.7. The highest BCUT2D eigenvalue weighted by Crippen LogP contribution is 2.31. The summed E-state index contributed by atoms with van der Waals surface area (Å²) in [6.07, 6.45) is 1.91. The number of aromatic nitrogens is 2. The lowest BCUT2D eigenvalue weighted by Crippen LogP contribution is -2.37. The van der Waals surface area contributed by atoms with Crippen LogP contribution in [0.5, 0.6) is 0 Å². The number of halogens is 1. The monoisotopic (exact) mass is 472 g/mol. The number of anilines is 1. The topological polar surface area (TPSA) is 62.0 Å². The van der Waals surface area contributed by atoms with E-state index in [0.29, 0.717) is 28.8 Å². The first kappa shape index (κ1) is 21.6. The lowest BCUT2D eigenvalue weighted by atomic mass is 10.1. The van der Waals surface area contributed by atoms with Gasteiger partial charge in [0.2, 0.25) is 0 Å². The summed E-state index contributed by atoms with van der Waals surface area (Å²) in [6.45, 7) is 4.94. The van der Waals surface area contributed by atoms with Gasteiger partial charge in [0, 0.05) is 40.0 Å². The van der Waals surface area contributed by atoms with Crippen LogP contribution in [0.15, 0.2) is 53.9 Å². The number of nitriles is 1. The third-order valence-electron chi connectivity index (χ3n) is 5.58. The average Bonchev–Trinajstić information content (AvgIpc) is 3.33. The number of rotatable bonds is 4. The van der Waals surface area contributed by atoms with Gasteiger partial charge in [0.15, 0.2) is 0 Å². The van der Waals surface area contributed by atoms with E-state index in [-0.39, 0.29) is 0 Å². The van der Waals surface area contributed by atoms with Crippen molar-refractivity contribution in [3.63, 3.8) is 0 Å². The van der Waals surface area contributed by atoms with Crippen LogP contribution < -0.4 is 4.90 Å². The zero-order chi connectivity index (χ0) is 22.8. The van der Waals surface area contributed by atoms with E-state index >= 15 is 0 Å². The maximum atomic E-state index is 9.99. The van der Waals surface area contributed by atoms with E-state index in [2.05, 4.69) is 36.1 Å². The third-order valence-corrected chi connectivity index (χ3v) is 6.71. The molecule has 1 aliphatic heterocycles.